The monoisotopic (exact) mass is 389 g/mol. The third-order valence-electron chi connectivity index (χ3n) is 4.32. The molecule has 0 aliphatic heterocycles. The molecule has 6 nitrogen and oxygen atoms in total. The van der Waals surface area contributed by atoms with Crippen molar-refractivity contribution in [1.29, 1.82) is 0 Å². The van der Waals surface area contributed by atoms with Crippen LogP contribution in [0.2, 0.25) is 0 Å². The molecule has 0 saturated heterocycles. The van der Waals surface area contributed by atoms with Gasteiger partial charge < -0.3 is 21.1 Å². The number of rotatable bonds is 8. The SMILES string of the molecule is NC(=O)c1ccc(CNC(=O)NCc2ccc(OCc3ccccc3)cc2)cc1. The molecule has 0 bridgehead atoms. The Labute approximate surface area is 169 Å². The summed E-state index contributed by atoms with van der Waals surface area (Å²) in [6.07, 6.45) is 0. The van der Waals surface area contributed by atoms with Crippen molar-refractivity contribution in [1.82, 2.24) is 10.6 Å². The summed E-state index contributed by atoms with van der Waals surface area (Å²) in [6, 6.07) is 24.1. The van der Waals surface area contributed by atoms with Gasteiger partial charge in [-0.15, -0.1) is 0 Å². The minimum atomic E-state index is -0.473. The van der Waals surface area contributed by atoms with E-state index in [1.165, 1.54) is 0 Å². The number of urea groups is 1. The van der Waals surface area contributed by atoms with E-state index in [1.807, 2.05) is 54.6 Å². The van der Waals surface area contributed by atoms with Crippen LogP contribution in [0.15, 0.2) is 78.9 Å². The molecule has 0 unspecified atom stereocenters. The summed E-state index contributed by atoms with van der Waals surface area (Å²) in [4.78, 5) is 23.0. The van der Waals surface area contributed by atoms with Crippen molar-refractivity contribution in [2.24, 2.45) is 5.73 Å². The lowest BCUT2D eigenvalue weighted by atomic mass is 10.1. The molecular weight excluding hydrogens is 366 g/mol. The van der Waals surface area contributed by atoms with E-state index in [4.69, 9.17) is 10.5 Å². The van der Waals surface area contributed by atoms with E-state index < -0.39 is 5.91 Å². The van der Waals surface area contributed by atoms with Crippen LogP contribution in [0.3, 0.4) is 0 Å². The number of hydrogen-bond donors (Lipinski definition) is 3. The van der Waals surface area contributed by atoms with E-state index >= 15 is 0 Å². The molecule has 3 aromatic carbocycles. The largest absolute Gasteiger partial charge is 0.489 e. The van der Waals surface area contributed by atoms with Crippen molar-refractivity contribution in [3.8, 4) is 5.75 Å². The molecule has 29 heavy (non-hydrogen) atoms. The van der Waals surface area contributed by atoms with Crippen LogP contribution < -0.4 is 21.1 Å². The number of nitrogens with two attached hydrogens (primary N) is 1. The summed E-state index contributed by atoms with van der Waals surface area (Å²) in [7, 11) is 0. The molecule has 0 aromatic heterocycles. The van der Waals surface area contributed by atoms with E-state index in [-0.39, 0.29) is 6.03 Å². The first-order valence-corrected chi connectivity index (χ1v) is 9.26. The fourth-order valence-electron chi connectivity index (χ4n) is 2.66. The highest BCUT2D eigenvalue weighted by atomic mass is 16.5. The maximum absolute atomic E-state index is 12.0. The zero-order chi connectivity index (χ0) is 20.5. The van der Waals surface area contributed by atoms with E-state index in [2.05, 4.69) is 10.6 Å². The lowest BCUT2D eigenvalue weighted by Crippen LogP contribution is -2.34. The highest BCUT2D eigenvalue weighted by molar-refractivity contribution is 5.92. The molecule has 148 valence electrons. The molecule has 0 heterocycles. The number of hydrogen-bond acceptors (Lipinski definition) is 3. The molecule has 6 heteroatoms. The molecule has 0 saturated carbocycles. The first kappa shape index (κ1) is 19.9. The number of ether oxygens (including phenoxy) is 1. The standard InChI is InChI=1S/C23H23N3O3/c24-22(27)20-10-6-17(7-11-20)14-25-23(28)26-15-18-8-12-21(13-9-18)29-16-19-4-2-1-3-5-19/h1-13H,14-16H2,(H2,24,27)(H2,25,26,28). The third kappa shape index (κ3) is 6.39. The molecule has 0 aliphatic rings. The molecule has 0 aliphatic carbocycles. The smallest absolute Gasteiger partial charge is 0.315 e. The summed E-state index contributed by atoms with van der Waals surface area (Å²) in [5.74, 6) is 0.306. The molecule has 4 N–H and O–H groups in total. The Morgan fingerprint density at radius 1 is 0.724 bits per heavy atom. The summed E-state index contributed by atoms with van der Waals surface area (Å²) >= 11 is 0. The number of carbonyl (C=O) groups excluding carboxylic acids is 2. The van der Waals surface area contributed by atoms with Gasteiger partial charge in [0.2, 0.25) is 5.91 Å². The van der Waals surface area contributed by atoms with Crippen molar-refractivity contribution in [2.75, 3.05) is 0 Å². The average Bonchev–Trinajstić information content (AvgIpc) is 2.76. The first-order chi connectivity index (χ1) is 14.1. The Bertz CT molecular complexity index is 939. The second-order valence-corrected chi connectivity index (χ2v) is 6.52. The van der Waals surface area contributed by atoms with E-state index in [0.717, 1.165) is 22.4 Å². The van der Waals surface area contributed by atoms with Crippen molar-refractivity contribution >= 4 is 11.9 Å². The number of nitrogens with one attached hydrogen (secondary N) is 2. The minimum absolute atomic E-state index is 0.270. The fourth-order valence-corrected chi connectivity index (χ4v) is 2.66. The normalized spacial score (nSPS) is 10.2. The highest BCUT2D eigenvalue weighted by Crippen LogP contribution is 2.14. The van der Waals surface area contributed by atoms with Gasteiger partial charge in [0.05, 0.1) is 0 Å². The van der Waals surface area contributed by atoms with Crippen molar-refractivity contribution < 1.29 is 14.3 Å². The number of primary amides is 1. The maximum Gasteiger partial charge on any atom is 0.315 e. The van der Waals surface area contributed by atoms with Crippen LogP contribution in [0.4, 0.5) is 4.79 Å². The van der Waals surface area contributed by atoms with Gasteiger partial charge in [0.1, 0.15) is 12.4 Å². The molecule has 3 amide bonds. The molecule has 0 atom stereocenters. The summed E-state index contributed by atoms with van der Waals surface area (Å²) in [5.41, 5.74) is 8.61. The van der Waals surface area contributed by atoms with Crippen LogP contribution in [0.1, 0.15) is 27.0 Å². The Balaban J connectivity index is 1.40. The number of benzene rings is 3. The van der Waals surface area contributed by atoms with Crippen LogP contribution >= 0.6 is 0 Å². The topological polar surface area (TPSA) is 93.5 Å². The molecule has 0 radical (unpaired) electrons. The van der Waals surface area contributed by atoms with Crippen LogP contribution in [0.5, 0.6) is 5.75 Å². The maximum atomic E-state index is 12.0. The van der Waals surface area contributed by atoms with Gasteiger partial charge >= 0.3 is 6.03 Å². The Hall–Kier alpha value is -3.80. The van der Waals surface area contributed by atoms with E-state index in [9.17, 15) is 9.59 Å². The van der Waals surface area contributed by atoms with Crippen LogP contribution in [-0.4, -0.2) is 11.9 Å². The van der Waals surface area contributed by atoms with Crippen molar-refractivity contribution in [2.45, 2.75) is 19.7 Å². The predicted octanol–water partition coefficient (Wildman–Crippen LogP) is 3.36. The van der Waals surface area contributed by atoms with Gasteiger partial charge in [-0.2, -0.15) is 0 Å². The lowest BCUT2D eigenvalue weighted by molar-refractivity contribution is 0.1000. The minimum Gasteiger partial charge on any atom is -0.489 e. The number of amides is 3. The zero-order valence-corrected chi connectivity index (χ0v) is 15.9. The second-order valence-electron chi connectivity index (χ2n) is 6.52. The quantitative estimate of drug-likeness (QED) is 0.551. The van der Waals surface area contributed by atoms with Gasteiger partial charge in [0, 0.05) is 18.7 Å². The van der Waals surface area contributed by atoms with Crippen molar-refractivity contribution in [3.63, 3.8) is 0 Å². The zero-order valence-electron chi connectivity index (χ0n) is 15.9. The van der Waals surface area contributed by atoms with Gasteiger partial charge in [-0.05, 0) is 41.0 Å². The average molecular weight is 389 g/mol. The molecular formula is C23H23N3O3. The van der Waals surface area contributed by atoms with Crippen molar-refractivity contribution in [3.05, 3.63) is 101 Å². The second kappa shape index (κ2) is 9.94. The Kier molecular flexibility index (Phi) is 6.84. The van der Waals surface area contributed by atoms with E-state index in [1.54, 1.807) is 24.3 Å². The van der Waals surface area contributed by atoms with Crippen LogP contribution in [-0.2, 0) is 19.7 Å². The Morgan fingerprint density at radius 2 is 1.28 bits per heavy atom. The summed E-state index contributed by atoms with van der Waals surface area (Å²) < 4.78 is 5.75. The summed E-state index contributed by atoms with van der Waals surface area (Å²) in [6.45, 7) is 1.28. The molecule has 3 rings (SSSR count). The third-order valence-corrected chi connectivity index (χ3v) is 4.32. The summed E-state index contributed by atoms with van der Waals surface area (Å²) in [5, 5.41) is 5.59. The van der Waals surface area contributed by atoms with E-state index in [0.29, 0.717) is 25.3 Å². The van der Waals surface area contributed by atoms with Gasteiger partial charge in [-0.1, -0.05) is 54.6 Å². The van der Waals surface area contributed by atoms with Gasteiger partial charge in [0.15, 0.2) is 0 Å². The molecule has 0 fully saturated rings. The Morgan fingerprint density at radius 3 is 1.83 bits per heavy atom. The van der Waals surface area contributed by atoms with Crippen LogP contribution in [0, 0.1) is 0 Å². The molecule has 3 aromatic rings. The van der Waals surface area contributed by atoms with Gasteiger partial charge in [-0.3, -0.25) is 4.79 Å². The lowest BCUT2D eigenvalue weighted by Gasteiger charge is -2.10. The number of carbonyl (C=O) groups is 2. The first-order valence-electron chi connectivity index (χ1n) is 9.26. The fraction of sp³-hybridized carbons (Fsp3) is 0.130. The van der Waals surface area contributed by atoms with Gasteiger partial charge in [0.25, 0.3) is 0 Å². The highest BCUT2D eigenvalue weighted by Gasteiger charge is 2.03. The van der Waals surface area contributed by atoms with Crippen LogP contribution in [0.25, 0.3) is 0 Å². The molecule has 0 spiro atoms. The predicted molar refractivity (Wildman–Crippen MR) is 111 cm³/mol. The van der Waals surface area contributed by atoms with Gasteiger partial charge in [-0.25, -0.2) is 4.79 Å².